The lowest BCUT2D eigenvalue weighted by molar-refractivity contribution is -0.122. The van der Waals surface area contributed by atoms with Gasteiger partial charge in [0.05, 0.1) is 19.1 Å². The van der Waals surface area contributed by atoms with E-state index >= 15 is 0 Å². The van der Waals surface area contributed by atoms with Crippen LogP contribution < -0.4 is 10.1 Å². The first-order chi connectivity index (χ1) is 10.2. The summed E-state index contributed by atoms with van der Waals surface area (Å²) in [7, 11) is 0. The zero-order valence-corrected chi connectivity index (χ0v) is 11.8. The van der Waals surface area contributed by atoms with E-state index in [4.69, 9.17) is 4.74 Å². The molecule has 0 aliphatic heterocycles. The van der Waals surface area contributed by atoms with E-state index in [-0.39, 0.29) is 30.7 Å². The number of para-hydroxylation sites is 1. The lowest BCUT2D eigenvalue weighted by atomic mass is 10.1. The molecule has 1 aromatic carbocycles. The van der Waals surface area contributed by atoms with E-state index in [0.717, 1.165) is 5.56 Å². The molecule has 2 rings (SSSR count). The summed E-state index contributed by atoms with van der Waals surface area (Å²) in [5, 5.41) is 2.84. The van der Waals surface area contributed by atoms with Gasteiger partial charge in [-0.05, 0) is 30.7 Å². The second-order valence-electron chi connectivity index (χ2n) is 4.60. The highest BCUT2D eigenvalue weighted by Crippen LogP contribution is 2.15. The smallest absolute Gasteiger partial charge is 0.223 e. The van der Waals surface area contributed by atoms with E-state index < -0.39 is 5.82 Å². The zero-order chi connectivity index (χ0) is 15.1. The standard InChI is InChI=1S/C16H17FN2O2/c1-12(13-5-4-9-18-11-13)19-16(20)8-10-21-15-7-3-2-6-14(15)17/h2-7,9,11-12H,8,10H2,1H3,(H,19,20). The van der Waals surface area contributed by atoms with Gasteiger partial charge in [-0.2, -0.15) is 0 Å². The van der Waals surface area contributed by atoms with Crippen LogP contribution in [0, 0.1) is 5.82 Å². The maximum Gasteiger partial charge on any atom is 0.223 e. The molecule has 0 aliphatic carbocycles. The second kappa shape index (κ2) is 7.38. The normalized spacial score (nSPS) is 11.7. The van der Waals surface area contributed by atoms with Crippen LogP contribution in [0.1, 0.15) is 24.9 Å². The molecule has 1 atom stereocenters. The first-order valence-corrected chi connectivity index (χ1v) is 6.73. The summed E-state index contributed by atoms with van der Waals surface area (Å²) < 4.78 is 18.6. The number of hydrogen-bond donors (Lipinski definition) is 1. The van der Waals surface area contributed by atoms with Crippen molar-refractivity contribution in [2.24, 2.45) is 0 Å². The average molecular weight is 288 g/mol. The van der Waals surface area contributed by atoms with Crippen LogP contribution in [0.4, 0.5) is 4.39 Å². The summed E-state index contributed by atoms with van der Waals surface area (Å²) in [6.45, 7) is 2.01. The molecule has 2 aromatic rings. The Hall–Kier alpha value is -2.43. The largest absolute Gasteiger partial charge is 0.490 e. The Morgan fingerprint density at radius 3 is 2.86 bits per heavy atom. The second-order valence-corrected chi connectivity index (χ2v) is 4.60. The van der Waals surface area contributed by atoms with Crippen molar-refractivity contribution in [3.63, 3.8) is 0 Å². The predicted octanol–water partition coefficient (Wildman–Crippen LogP) is 2.87. The monoisotopic (exact) mass is 288 g/mol. The maximum absolute atomic E-state index is 13.3. The van der Waals surface area contributed by atoms with Crippen molar-refractivity contribution in [2.45, 2.75) is 19.4 Å². The first-order valence-electron chi connectivity index (χ1n) is 6.73. The fraction of sp³-hybridized carbons (Fsp3) is 0.250. The quantitative estimate of drug-likeness (QED) is 0.889. The van der Waals surface area contributed by atoms with Crippen molar-refractivity contribution in [1.82, 2.24) is 10.3 Å². The van der Waals surface area contributed by atoms with Crippen molar-refractivity contribution in [3.8, 4) is 5.75 Å². The van der Waals surface area contributed by atoms with Gasteiger partial charge in [0.2, 0.25) is 5.91 Å². The number of rotatable bonds is 6. The molecular formula is C16H17FN2O2. The summed E-state index contributed by atoms with van der Waals surface area (Å²) in [5.41, 5.74) is 0.931. The molecule has 1 N–H and O–H groups in total. The Balaban J connectivity index is 1.76. The highest BCUT2D eigenvalue weighted by Gasteiger charge is 2.10. The summed E-state index contributed by atoms with van der Waals surface area (Å²) in [6.07, 6.45) is 3.56. The number of hydrogen-bond acceptors (Lipinski definition) is 3. The SMILES string of the molecule is CC(NC(=O)CCOc1ccccc1F)c1cccnc1. The van der Waals surface area contributed by atoms with Gasteiger partial charge in [-0.1, -0.05) is 18.2 Å². The van der Waals surface area contributed by atoms with Crippen LogP contribution >= 0.6 is 0 Å². The van der Waals surface area contributed by atoms with Gasteiger partial charge in [0, 0.05) is 12.4 Å². The number of aromatic nitrogens is 1. The molecule has 110 valence electrons. The number of carbonyl (C=O) groups excluding carboxylic acids is 1. The van der Waals surface area contributed by atoms with Gasteiger partial charge >= 0.3 is 0 Å². The highest BCUT2D eigenvalue weighted by molar-refractivity contribution is 5.76. The molecule has 0 radical (unpaired) electrons. The molecule has 4 nitrogen and oxygen atoms in total. The highest BCUT2D eigenvalue weighted by atomic mass is 19.1. The lowest BCUT2D eigenvalue weighted by Crippen LogP contribution is -2.27. The van der Waals surface area contributed by atoms with Crippen LogP contribution in [-0.4, -0.2) is 17.5 Å². The van der Waals surface area contributed by atoms with E-state index in [1.807, 2.05) is 19.1 Å². The van der Waals surface area contributed by atoms with Crippen LogP contribution in [0.25, 0.3) is 0 Å². The fourth-order valence-corrected chi connectivity index (χ4v) is 1.84. The number of nitrogens with zero attached hydrogens (tertiary/aromatic N) is 1. The number of pyridine rings is 1. The Bertz CT molecular complexity index is 590. The summed E-state index contributed by atoms with van der Waals surface area (Å²) in [5.74, 6) is -0.421. The van der Waals surface area contributed by atoms with E-state index in [9.17, 15) is 9.18 Å². The molecule has 1 amide bonds. The number of carbonyl (C=O) groups is 1. The molecule has 21 heavy (non-hydrogen) atoms. The number of amides is 1. The van der Waals surface area contributed by atoms with Crippen molar-refractivity contribution in [3.05, 3.63) is 60.2 Å². The van der Waals surface area contributed by atoms with Crippen molar-refractivity contribution >= 4 is 5.91 Å². The van der Waals surface area contributed by atoms with Crippen LogP contribution in [-0.2, 0) is 4.79 Å². The third kappa shape index (κ3) is 4.56. The van der Waals surface area contributed by atoms with E-state index in [1.54, 1.807) is 24.5 Å². The van der Waals surface area contributed by atoms with Gasteiger partial charge in [-0.25, -0.2) is 4.39 Å². The average Bonchev–Trinajstić information content (AvgIpc) is 2.50. The fourth-order valence-electron chi connectivity index (χ4n) is 1.84. The number of ether oxygens (including phenoxy) is 1. The lowest BCUT2D eigenvalue weighted by Gasteiger charge is -2.14. The minimum Gasteiger partial charge on any atom is -0.490 e. The number of nitrogens with one attached hydrogen (secondary N) is 1. The Morgan fingerprint density at radius 1 is 1.33 bits per heavy atom. The summed E-state index contributed by atoms with van der Waals surface area (Å²) >= 11 is 0. The van der Waals surface area contributed by atoms with E-state index in [2.05, 4.69) is 10.3 Å². The molecule has 1 unspecified atom stereocenters. The molecule has 0 saturated heterocycles. The Labute approximate surface area is 123 Å². The molecule has 0 saturated carbocycles. The van der Waals surface area contributed by atoms with Gasteiger partial charge < -0.3 is 10.1 Å². The molecule has 1 aromatic heterocycles. The predicted molar refractivity (Wildman–Crippen MR) is 77.3 cm³/mol. The van der Waals surface area contributed by atoms with Gasteiger partial charge in [-0.3, -0.25) is 9.78 Å². The minimum absolute atomic E-state index is 0.125. The van der Waals surface area contributed by atoms with Crippen LogP contribution in [0.5, 0.6) is 5.75 Å². The van der Waals surface area contributed by atoms with Gasteiger partial charge in [0.25, 0.3) is 0 Å². The molecule has 5 heteroatoms. The molecule has 0 fully saturated rings. The number of benzene rings is 1. The molecular weight excluding hydrogens is 271 g/mol. The first kappa shape index (κ1) is 15.0. The summed E-state index contributed by atoms with van der Waals surface area (Å²) in [6, 6.07) is 9.71. The minimum atomic E-state index is -0.429. The maximum atomic E-state index is 13.3. The van der Waals surface area contributed by atoms with Crippen LogP contribution in [0.15, 0.2) is 48.8 Å². The molecule has 0 bridgehead atoms. The van der Waals surface area contributed by atoms with Crippen molar-refractivity contribution in [1.29, 1.82) is 0 Å². The van der Waals surface area contributed by atoms with Gasteiger partial charge in [0.1, 0.15) is 0 Å². The number of halogens is 1. The Kier molecular flexibility index (Phi) is 5.26. The van der Waals surface area contributed by atoms with Crippen molar-refractivity contribution in [2.75, 3.05) is 6.61 Å². The van der Waals surface area contributed by atoms with Gasteiger partial charge in [0.15, 0.2) is 11.6 Å². The Morgan fingerprint density at radius 2 is 2.14 bits per heavy atom. The molecule has 1 heterocycles. The third-order valence-electron chi connectivity index (χ3n) is 2.99. The topological polar surface area (TPSA) is 51.2 Å². The molecule has 0 spiro atoms. The van der Waals surface area contributed by atoms with Gasteiger partial charge in [-0.15, -0.1) is 0 Å². The third-order valence-corrected chi connectivity index (χ3v) is 2.99. The van der Waals surface area contributed by atoms with E-state index in [1.165, 1.54) is 12.1 Å². The summed E-state index contributed by atoms with van der Waals surface area (Å²) in [4.78, 5) is 15.8. The molecule has 0 aliphatic rings. The van der Waals surface area contributed by atoms with E-state index in [0.29, 0.717) is 0 Å². The zero-order valence-electron chi connectivity index (χ0n) is 11.8. The van der Waals surface area contributed by atoms with Crippen LogP contribution in [0.3, 0.4) is 0 Å². The van der Waals surface area contributed by atoms with Crippen molar-refractivity contribution < 1.29 is 13.9 Å². The van der Waals surface area contributed by atoms with Crippen LogP contribution in [0.2, 0.25) is 0 Å².